The zero-order chi connectivity index (χ0) is 39.4. The molecule has 13 nitrogen and oxygen atoms in total. The Kier molecular flexibility index (Phi) is 11.6. The number of nitrogens with one attached hydrogen (secondary N) is 1. The fourth-order valence-corrected chi connectivity index (χ4v) is 8.48. The quantitative estimate of drug-likeness (QED) is 0.0961. The van der Waals surface area contributed by atoms with Crippen LogP contribution in [0.3, 0.4) is 0 Å². The van der Waals surface area contributed by atoms with Crippen molar-refractivity contribution < 1.29 is 32.5 Å². The number of H-pyrrole nitrogens is 1. The first-order valence-corrected chi connectivity index (χ1v) is 20.2. The summed E-state index contributed by atoms with van der Waals surface area (Å²) in [5.74, 6) is 1.04. The van der Waals surface area contributed by atoms with Gasteiger partial charge in [-0.2, -0.15) is 22.1 Å². The maximum Gasteiger partial charge on any atom is 0.355 e. The number of nitrogens with zero attached hydrogens (tertiary/aromatic N) is 5. The summed E-state index contributed by atoms with van der Waals surface area (Å²) in [7, 11) is 1.47. The molecule has 14 heteroatoms. The summed E-state index contributed by atoms with van der Waals surface area (Å²) in [5, 5.41) is 18.2. The van der Waals surface area contributed by atoms with Gasteiger partial charge in [0.1, 0.15) is 23.8 Å². The second-order valence-electron chi connectivity index (χ2n) is 13.9. The highest BCUT2D eigenvalue weighted by Crippen LogP contribution is 2.37. The first-order chi connectivity index (χ1) is 27.1. The minimum Gasteiger partial charge on any atom is -0.493 e. The van der Waals surface area contributed by atoms with E-state index in [1.54, 1.807) is 25.7 Å². The maximum absolute atomic E-state index is 13.3. The van der Waals surface area contributed by atoms with Crippen LogP contribution in [0, 0.1) is 0 Å². The molecule has 0 unspecified atom stereocenters. The Morgan fingerprint density at radius 3 is 2.36 bits per heavy atom. The highest BCUT2D eigenvalue weighted by molar-refractivity contribution is 7.86. The molecule has 0 aliphatic carbocycles. The molecule has 0 amide bonds. The normalized spacial score (nSPS) is 13.9. The van der Waals surface area contributed by atoms with Crippen LogP contribution in [0.5, 0.6) is 11.5 Å². The van der Waals surface area contributed by atoms with Crippen molar-refractivity contribution in [2.75, 3.05) is 58.4 Å². The number of benzene rings is 4. The summed E-state index contributed by atoms with van der Waals surface area (Å²) in [4.78, 5) is 18.9. The summed E-state index contributed by atoms with van der Waals surface area (Å²) in [5.41, 5.74) is 5.71. The summed E-state index contributed by atoms with van der Waals surface area (Å²) in [6.07, 6.45) is 1.23. The molecule has 0 atom stereocenters. The number of carbonyl (C=O) groups is 1. The molecule has 0 radical (unpaired) electrons. The number of esters is 1. The van der Waals surface area contributed by atoms with Gasteiger partial charge in [-0.25, -0.2) is 4.79 Å². The largest absolute Gasteiger partial charge is 0.493 e. The first kappa shape index (κ1) is 38.8. The number of ether oxygens (including phenoxy) is 3. The van der Waals surface area contributed by atoms with Gasteiger partial charge in [0, 0.05) is 74.9 Å². The number of aliphatic hydroxyl groups is 1. The van der Waals surface area contributed by atoms with Crippen molar-refractivity contribution >= 4 is 43.5 Å². The van der Waals surface area contributed by atoms with Gasteiger partial charge in [0.15, 0.2) is 0 Å². The van der Waals surface area contributed by atoms with Gasteiger partial charge in [0.2, 0.25) is 0 Å². The van der Waals surface area contributed by atoms with Gasteiger partial charge in [-0.3, -0.25) is 4.68 Å². The molecule has 56 heavy (non-hydrogen) atoms. The molecule has 0 saturated carbocycles. The van der Waals surface area contributed by atoms with Gasteiger partial charge in [0.05, 0.1) is 36.7 Å². The number of rotatable bonds is 15. The van der Waals surface area contributed by atoms with Gasteiger partial charge >= 0.3 is 5.97 Å². The Bertz CT molecular complexity index is 2430. The molecule has 1 aliphatic heterocycles. The van der Waals surface area contributed by atoms with E-state index in [1.165, 1.54) is 8.61 Å². The molecule has 4 aromatic carbocycles. The summed E-state index contributed by atoms with van der Waals surface area (Å²) < 4.78 is 47.6. The Labute approximate surface area is 327 Å². The van der Waals surface area contributed by atoms with Crippen molar-refractivity contribution in [2.45, 2.75) is 33.0 Å². The van der Waals surface area contributed by atoms with Crippen molar-refractivity contribution in [3.05, 3.63) is 108 Å². The van der Waals surface area contributed by atoms with Crippen LogP contribution in [0.15, 0.2) is 84.9 Å². The third-order valence-corrected chi connectivity index (χ3v) is 12.2. The second kappa shape index (κ2) is 16.8. The maximum atomic E-state index is 13.3. The molecule has 3 heterocycles. The van der Waals surface area contributed by atoms with E-state index in [9.17, 15) is 18.3 Å². The summed E-state index contributed by atoms with van der Waals surface area (Å²) in [6.45, 7) is 4.34. The Hall–Kier alpha value is -5.41. The molecule has 1 saturated heterocycles. The van der Waals surface area contributed by atoms with Gasteiger partial charge in [-0.05, 0) is 61.0 Å². The molecule has 2 aromatic heterocycles. The third kappa shape index (κ3) is 7.82. The lowest BCUT2D eigenvalue weighted by Crippen LogP contribution is -2.51. The number of piperazine rings is 1. The molecule has 2 N–H and O–H groups in total. The van der Waals surface area contributed by atoms with Crippen LogP contribution in [-0.4, -0.2) is 96.4 Å². The Morgan fingerprint density at radius 2 is 1.62 bits per heavy atom. The lowest BCUT2D eigenvalue weighted by Gasteiger charge is -2.36. The molecular formula is C42H48N6O7S. The van der Waals surface area contributed by atoms with Crippen molar-refractivity contribution in [3.8, 4) is 22.6 Å². The van der Waals surface area contributed by atoms with E-state index in [1.807, 2.05) is 79.8 Å². The standard InChI is InChI=1S/C42H48N6O7S/c1-5-53-42(50)41-34(16-10-26-54-38-17-8-12-29-11-6-7-13-32(29)38)33-14-9-15-35(40(33)43-41)39-36(27-49)44-46(4)37(39)28-55-31-20-18-30(19-21-31)47-22-24-48(25-23-47)56(51,52)45(2)3/h6-9,11-15,17-21,43,49H,5,10,16,22-28H2,1-4H3. The number of aromatic amines is 1. The molecule has 0 spiro atoms. The fourth-order valence-electron chi connectivity index (χ4n) is 7.39. The van der Waals surface area contributed by atoms with Crippen LogP contribution in [0.25, 0.3) is 32.8 Å². The average Bonchev–Trinajstić information content (AvgIpc) is 3.75. The van der Waals surface area contributed by atoms with E-state index < -0.39 is 16.2 Å². The number of hydrogen-bond donors (Lipinski definition) is 2. The van der Waals surface area contributed by atoms with Gasteiger partial charge < -0.3 is 29.2 Å². The average molecular weight is 781 g/mol. The van der Waals surface area contributed by atoms with Crippen molar-refractivity contribution in [2.24, 2.45) is 7.05 Å². The van der Waals surface area contributed by atoms with Crippen LogP contribution in [0.2, 0.25) is 0 Å². The summed E-state index contributed by atoms with van der Waals surface area (Å²) >= 11 is 0. The minimum atomic E-state index is -3.44. The smallest absolute Gasteiger partial charge is 0.355 e. The Balaban J connectivity index is 1.10. The van der Waals surface area contributed by atoms with Crippen LogP contribution >= 0.6 is 0 Å². The van der Waals surface area contributed by atoms with E-state index in [2.05, 4.69) is 27.1 Å². The van der Waals surface area contributed by atoms with E-state index >= 15 is 0 Å². The first-order valence-electron chi connectivity index (χ1n) is 18.8. The topological polar surface area (TPSA) is 142 Å². The fraction of sp³-hybridized carbons (Fsp3) is 0.333. The number of aryl methyl sites for hydroxylation is 2. The third-order valence-electron chi connectivity index (χ3n) is 10.3. The summed E-state index contributed by atoms with van der Waals surface area (Å²) in [6, 6.07) is 27.8. The molecule has 6 aromatic rings. The van der Waals surface area contributed by atoms with E-state index in [-0.39, 0.29) is 19.8 Å². The lowest BCUT2D eigenvalue weighted by molar-refractivity contribution is 0.0519. The molecule has 1 fully saturated rings. The highest BCUT2D eigenvalue weighted by Gasteiger charge is 2.29. The van der Waals surface area contributed by atoms with E-state index in [4.69, 9.17) is 14.2 Å². The van der Waals surface area contributed by atoms with Gasteiger partial charge in [0.25, 0.3) is 10.2 Å². The number of hydrogen-bond acceptors (Lipinski definition) is 9. The lowest BCUT2D eigenvalue weighted by atomic mass is 9.98. The Morgan fingerprint density at radius 1 is 0.911 bits per heavy atom. The molecule has 1 aliphatic rings. The zero-order valence-electron chi connectivity index (χ0n) is 32.2. The predicted octanol–water partition coefficient (Wildman–Crippen LogP) is 5.91. The van der Waals surface area contributed by atoms with Crippen molar-refractivity contribution in [3.63, 3.8) is 0 Å². The molecular weight excluding hydrogens is 733 g/mol. The number of aliphatic hydroxyl groups excluding tert-OH is 1. The van der Waals surface area contributed by atoms with Crippen LogP contribution < -0.4 is 14.4 Å². The van der Waals surface area contributed by atoms with Gasteiger partial charge in [-0.1, -0.05) is 54.6 Å². The minimum absolute atomic E-state index is 0.166. The van der Waals surface area contributed by atoms with E-state index in [0.29, 0.717) is 62.8 Å². The monoisotopic (exact) mass is 780 g/mol. The predicted molar refractivity (Wildman–Crippen MR) is 217 cm³/mol. The number of fused-ring (bicyclic) bond motifs is 2. The van der Waals surface area contributed by atoms with Crippen LogP contribution in [0.1, 0.15) is 40.8 Å². The van der Waals surface area contributed by atoms with Gasteiger partial charge in [-0.15, -0.1) is 0 Å². The molecule has 0 bridgehead atoms. The SMILES string of the molecule is CCOC(=O)c1[nH]c2c(-c3c(CO)nn(C)c3COc3ccc(N4CCN(S(=O)(=O)N(C)C)CC4)cc3)cccc2c1CCCOc1cccc2ccccc12. The van der Waals surface area contributed by atoms with E-state index in [0.717, 1.165) is 55.5 Å². The molecule has 7 rings (SSSR count). The number of carbonyl (C=O) groups excluding carboxylic acids is 1. The highest BCUT2D eigenvalue weighted by atomic mass is 32.2. The second-order valence-corrected chi connectivity index (χ2v) is 16.0. The van der Waals surface area contributed by atoms with Crippen LogP contribution in [-0.2, 0) is 41.6 Å². The zero-order valence-corrected chi connectivity index (χ0v) is 33.0. The number of anilines is 1. The number of aromatic nitrogens is 3. The van der Waals surface area contributed by atoms with Crippen molar-refractivity contribution in [1.29, 1.82) is 0 Å². The molecule has 294 valence electrons. The number of para-hydroxylation sites is 1. The van der Waals surface area contributed by atoms with Crippen LogP contribution in [0.4, 0.5) is 5.69 Å². The van der Waals surface area contributed by atoms with Crippen molar-refractivity contribution in [1.82, 2.24) is 23.4 Å².